The van der Waals surface area contributed by atoms with Crippen LogP contribution in [0.15, 0.2) is 36.9 Å². The Morgan fingerprint density at radius 3 is 2.75 bits per heavy atom. The molecule has 2 aliphatic rings. The number of aliphatic hydroxyl groups is 1. The summed E-state index contributed by atoms with van der Waals surface area (Å²) in [4.78, 5) is 21.1. The Bertz CT molecular complexity index is 1400. The lowest BCUT2D eigenvalue weighted by Gasteiger charge is -2.17. The molecular formula is C26H31N9O. The van der Waals surface area contributed by atoms with Crippen molar-refractivity contribution >= 4 is 28.5 Å². The van der Waals surface area contributed by atoms with Crippen molar-refractivity contribution in [2.75, 3.05) is 29.0 Å². The molecule has 0 spiro atoms. The zero-order chi connectivity index (χ0) is 24.6. The van der Waals surface area contributed by atoms with Gasteiger partial charge in [0.15, 0.2) is 5.82 Å². The molecule has 0 radical (unpaired) electrons. The molecule has 0 bridgehead atoms. The van der Waals surface area contributed by atoms with Crippen molar-refractivity contribution in [2.45, 2.75) is 57.6 Å². The minimum absolute atomic E-state index is 0.180. The fourth-order valence-electron chi connectivity index (χ4n) is 5.22. The molecule has 10 nitrogen and oxygen atoms in total. The minimum atomic E-state index is -0.263. The van der Waals surface area contributed by atoms with E-state index in [2.05, 4.69) is 31.3 Å². The van der Waals surface area contributed by atoms with Crippen LogP contribution in [0.1, 0.15) is 44.7 Å². The van der Waals surface area contributed by atoms with Gasteiger partial charge in [-0.3, -0.25) is 0 Å². The van der Waals surface area contributed by atoms with Crippen LogP contribution < -0.4 is 16.0 Å². The van der Waals surface area contributed by atoms with Gasteiger partial charge in [-0.15, -0.1) is 0 Å². The van der Waals surface area contributed by atoms with Crippen LogP contribution in [-0.4, -0.2) is 60.1 Å². The van der Waals surface area contributed by atoms with Gasteiger partial charge in [0.25, 0.3) is 0 Å². The molecule has 4 N–H and O–H groups in total. The van der Waals surface area contributed by atoms with E-state index in [9.17, 15) is 5.11 Å². The number of anilines is 3. The monoisotopic (exact) mass is 485 g/mol. The third kappa shape index (κ3) is 4.21. The first-order valence-electron chi connectivity index (χ1n) is 12.7. The summed E-state index contributed by atoms with van der Waals surface area (Å²) in [6, 6.07) is 4.22. The summed E-state index contributed by atoms with van der Waals surface area (Å²) in [5.74, 6) is 2.08. The highest BCUT2D eigenvalue weighted by Crippen LogP contribution is 2.32. The lowest BCUT2D eigenvalue weighted by Crippen LogP contribution is -2.19. The highest BCUT2D eigenvalue weighted by Gasteiger charge is 2.25. The lowest BCUT2D eigenvalue weighted by molar-refractivity contribution is 0.182. The fraction of sp³-hybridized carbons (Fsp3) is 0.423. The number of hydrogen-bond donors (Lipinski definition) is 3. The number of nitrogen functional groups attached to an aromatic ring is 1. The van der Waals surface area contributed by atoms with E-state index in [1.54, 1.807) is 6.20 Å². The summed E-state index contributed by atoms with van der Waals surface area (Å²) in [5, 5.41) is 18.1. The van der Waals surface area contributed by atoms with Gasteiger partial charge in [-0.05, 0) is 44.6 Å². The molecule has 0 amide bonds. The van der Waals surface area contributed by atoms with Crippen molar-refractivity contribution in [3.63, 3.8) is 0 Å². The largest absolute Gasteiger partial charge is 0.393 e. The van der Waals surface area contributed by atoms with Crippen molar-refractivity contribution in [2.24, 2.45) is 0 Å². The van der Waals surface area contributed by atoms with E-state index in [0.717, 1.165) is 60.1 Å². The molecule has 5 heterocycles. The molecule has 10 heteroatoms. The van der Waals surface area contributed by atoms with Crippen molar-refractivity contribution in [1.82, 2.24) is 29.7 Å². The Morgan fingerprint density at radius 2 is 1.97 bits per heavy atom. The van der Waals surface area contributed by atoms with Gasteiger partial charge in [0.2, 0.25) is 0 Å². The Hall–Kier alpha value is -3.79. The molecule has 1 aliphatic carbocycles. The van der Waals surface area contributed by atoms with Crippen molar-refractivity contribution < 1.29 is 5.11 Å². The Morgan fingerprint density at radius 1 is 1.11 bits per heavy atom. The molecule has 6 rings (SSSR count). The van der Waals surface area contributed by atoms with Crippen molar-refractivity contribution in [3.8, 4) is 16.8 Å². The maximum atomic E-state index is 9.96. The van der Waals surface area contributed by atoms with E-state index >= 15 is 0 Å². The van der Waals surface area contributed by atoms with Gasteiger partial charge in [-0.1, -0.05) is 6.92 Å². The van der Waals surface area contributed by atoms with Gasteiger partial charge >= 0.3 is 0 Å². The zero-order valence-corrected chi connectivity index (χ0v) is 20.4. The molecular weight excluding hydrogens is 454 g/mol. The fourth-order valence-corrected chi connectivity index (χ4v) is 5.22. The number of nitrogens with zero attached hydrogens (tertiary/aromatic N) is 7. The number of aromatic nitrogens is 6. The number of aliphatic hydroxyl groups excluding tert-OH is 1. The molecule has 0 unspecified atom stereocenters. The number of pyridine rings is 2. The molecule has 186 valence electrons. The lowest BCUT2D eigenvalue weighted by atomic mass is 10.1. The van der Waals surface area contributed by atoms with Gasteiger partial charge in [0.1, 0.15) is 22.7 Å². The molecule has 1 saturated heterocycles. The number of nitrogens with two attached hydrogens (primary N) is 1. The van der Waals surface area contributed by atoms with Crippen molar-refractivity contribution in [1.29, 1.82) is 0 Å². The first-order chi connectivity index (χ1) is 17.6. The predicted octanol–water partition coefficient (Wildman–Crippen LogP) is 3.34. The van der Waals surface area contributed by atoms with Gasteiger partial charge in [-0.2, -0.15) is 5.10 Å². The second kappa shape index (κ2) is 9.34. The molecule has 0 aromatic carbocycles. The standard InChI is InChI=1S/C26H31N9O/c1-2-21-26(31-17-5-6-19(36)11-17)33-23-20(14-29-25(27)24(23)32-21)16-13-30-35(15-16)18-7-8-28-22(12-18)34-9-3-4-10-34/h7-8,12-15,17,19,36H,2-6,9-11H2,1H3,(H2,27,29)(H,31,33)/t17-,19+/m1/s1. The van der Waals surface area contributed by atoms with Crippen LogP contribution in [0.25, 0.3) is 27.8 Å². The van der Waals surface area contributed by atoms with Gasteiger partial charge in [0, 0.05) is 54.9 Å². The summed E-state index contributed by atoms with van der Waals surface area (Å²) >= 11 is 0. The zero-order valence-electron chi connectivity index (χ0n) is 20.4. The first kappa shape index (κ1) is 22.7. The van der Waals surface area contributed by atoms with Crippen molar-refractivity contribution in [3.05, 3.63) is 42.6 Å². The van der Waals surface area contributed by atoms with E-state index in [1.807, 2.05) is 36.3 Å². The van der Waals surface area contributed by atoms with Crippen LogP contribution >= 0.6 is 0 Å². The molecule has 2 atom stereocenters. The topological polar surface area (TPSA) is 131 Å². The maximum absolute atomic E-state index is 9.96. The number of aryl methyl sites for hydroxylation is 1. The second-order valence-electron chi connectivity index (χ2n) is 9.67. The van der Waals surface area contributed by atoms with Gasteiger partial charge in [-0.25, -0.2) is 24.6 Å². The summed E-state index contributed by atoms with van der Waals surface area (Å²) in [6.45, 7) is 4.13. The number of hydrogen-bond acceptors (Lipinski definition) is 9. The first-order valence-corrected chi connectivity index (χ1v) is 12.7. The quantitative estimate of drug-likeness (QED) is 0.376. The molecule has 2 fully saturated rings. The van der Waals surface area contributed by atoms with E-state index < -0.39 is 0 Å². The van der Waals surface area contributed by atoms with Crippen LogP contribution in [0.5, 0.6) is 0 Å². The summed E-state index contributed by atoms with van der Waals surface area (Å²) in [5.41, 5.74) is 11.0. The number of nitrogens with one attached hydrogen (secondary N) is 1. The summed E-state index contributed by atoms with van der Waals surface area (Å²) < 4.78 is 1.85. The highest BCUT2D eigenvalue weighted by atomic mass is 16.3. The van der Waals surface area contributed by atoms with E-state index in [1.165, 1.54) is 12.8 Å². The van der Waals surface area contributed by atoms with E-state index in [-0.39, 0.29) is 12.1 Å². The average molecular weight is 486 g/mol. The van der Waals surface area contributed by atoms with Crippen LogP contribution in [0.2, 0.25) is 0 Å². The predicted molar refractivity (Wildman–Crippen MR) is 140 cm³/mol. The normalized spacial score (nSPS) is 19.9. The van der Waals surface area contributed by atoms with Crippen LogP contribution in [0.4, 0.5) is 17.5 Å². The van der Waals surface area contributed by atoms with E-state index in [0.29, 0.717) is 29.7 Å². The Balaban J connectivity index is 1.38. The van der Waals surface area contributed by atoms with Crippen LogP contribution in [0, 0.1) is 0 Å². The maximum Gasteiger partial charge on any atom is 0.151 e. The van der Waals surface area contributed by atoms with Crippen LogP contribution in [-0.2, 0) is 6.42 Å². The van der Waals surface area contributed by atoms with Gasteiger partial charge < -0.3 is 21.1 Å². The van der Waals surface area contributed by atoms with Gasteiger partial charge in [0.05, 0.1) is 23.7 Å². The smallest absolute Gasteiger partial charge is 0.151 e. The Kier molecular flexibility index (Phi) is 5.88. The number of rotatable bonds is 6. The minimum Gasteiger partial charge on any atom is -0.393 e. The average Bonchev–Trinajstić information content (AvgIpc) is 3.67. The molecule has 4 aromatic heterocycles. The molecule has 36 heavy (non-hydrogen) atoms. The number of fused-ring (bicyclic) bond motifs is 1. The molecule has 4 aromatic rings. The van der Waals surface area contributed by atoms with Crippen LogP contribution in [0.3, 0.4) is 0 Å². The molecule has 1 saturated carbocycles. The third-order valence-electron chi connectivity index (χ3n) is 7.20. The Labute approximate surface area is 209 Å². The SMILES string of the molecule is CCc1nc2c(N)ncc(-c3cnn(-c4ccnc(N5CCCC5)c4)c3)c2nc1N[C@@H]1CC[C@H](O)C1. The second-order valence-corrected chi connectivity index (χ2v) is 9.67. The molecule has 1 aliphatic heterocycles. The van der Waals surface area contributed by atoms with E-state index in [4.69, 9.17) is 15.7 Å². The summed E-state index contributed by atoms with van der Waals surface area (Å²) in [7, 11) is 0. The highest BCUT2D eigenvalue weighted by molar-refractivity contribution is 5.96. The summed E-state index contributed by atoms with van der Waals surface area (Å²) in [6.07, 6.45) is 12.7. The third-order valence-corrected chi connectivity index (χ3v) is 7.20.